The highest BCUT2D eigenvalue weighted by molar-refractivity contribution is 6.30. The molecule has 1 aliphatic rings. The molecule has 0 amide bonds. The number of hydrogen-bond acceptors (Lipinski definition) is 3. The molecule has 0 radical (unpaired) electrons. The van der Waals surface area contributed by atoms with Crippen LogP contribution in [0.2, 0.25) is 5.02 Å². The first-order valence-corrected chi connectivity index (χ1v) is 11.8. The zero-order valence-corrected chi connectivity index (χ0v) is 19.7. The van der Waals surface area contributed by atoms with Gasteiger partial charge in [-0.15, -0.1) is 0 Å². The maximum Gasteiger partial charge on any atom is 0.261 e. The molecule has 4 nitrogen and oxygen atoms in total. The Kier molecular flexibility index (Phi) is 6.49. The van der Waals surface area contributed by atoms with E-state index in [1.54, 1.807) is 0 Å². The average molecular weight is 438 g/mol. The van der Waals surface area contributed by atoms with Gasteiger partial charge in [0.05, 0.1) is 10.9 Å². The van der Waals surface area contributed by atoms with E-state index in [-0.39, 0.29) is 11.5 Å². The summed E-state index contributed by atoms with van der Waals surface area (Å²) in [6.45, 7) is 11.7. The predicted molar refractivity (Wildman–Crippen MR) is 130 cm³/mol. The number of halogens is 1. The topological polar surface area (TPSA) is 38.1 Å². The largest absolute Gasteiger partial charge is 0.301 e. The molecule has 5 heteroatoms. The predicted octanol–water partition coefficient (Wildman–Crippen LogP) is 5.96. The maximum atomic E-state index is 13.7. The van der Waals surface area contributed by atoms with Crippen molar-refractivity contribution >= 4 is 22.5 Å². The van der Waals surface area contributed by atoms with Crippen molar-refractivity contribution in [2.45, 2.75) is 59.0 Å². The molecule has 1 atom stereocenters. The van der Waals surface area contributed by atoms with Gasteiger partial charge in [-0.2, -0.15) is 0 Å². The summed E-state index contributed by atoms with van der Waals surface area (Å²) in [4.78, 5) is 21.1. The van der Waals surface area contributed by atoms with Gasteiger partial charge in [0.1, 0.15) is 5.82 Å². The van der Waals surface area contributed by atoms with Crippen LogP contribution in [0.5, 0.6) is 0 Å². The number of rotatable bonds is 5. The quantitative estimate of drug-likeness (QED) is 0.494. The minimum absolute atomic E-state index is 0.0687. The zero-order valence-electron chi connectivity index (χ0n) is 18.9. The molecular weight excluding hydrogens is 406 g/mol. The molecule has 3 aromatic rings. The minimum atomic E-state index is 0.0687. The van der Waals surface area contributed by atoms with Crippen molar-refractivity contribution < 1.29 is 0 Å². The van der Waals surface area contributed by atoms with Gasteiger partial charge in [-0.3, -0.25) is 9.36 Å². The van der Waals surface area contributed by atoms with Crippen LogP contribution in [0, 0.1) is 5.92 Å². The van der Waals surface area contributed by atoms with Gasteiger partial charge < -0.3 is 4.90 Å². The third kappa shape index (κ3) is 4.70. The fourth-order valence-corrected chi connectivity index (χ4v) is 4.87. The summed E-state index contributed by atoms with van der Waals surface area (Å²) in [6.07, 6.45) is 2.35. The lowest BCUT2D eigenvalue weighted by atomic mass is 9.96. The first-order valence-electron chi connectivity index (χ1n) is 11.4. The molecule has 1 saturated heterocycles. The van der Waals surface area contributed by atoms with Gasteiger partial charge in [0.2, 0.25) is 0 Å². The second-order valence-electron chi connectivity index (χ2n) is 9.38. The highest BCUT2D eigenvalue weighted by Gasteiger charge is 2.24. The first-order chi connectivity index (χ1) is 14.8. The van der Waals surface area contributed by atoms with Crippen molar-refractivity contribution in [3.8, 4) is 11.1 Å². The van der Waals surface area contributed by atoms with Crippen molar-refractivity contribution in [3.63, 3.8) is 0 Å². The number of likely N-dealkylation sites (tertiary alicyclic amines) is 1. The van der Waals surface area contributed by atoms with E-state index in [1.165, 1.54) is 6.42 Å². The number of benzene rings is 2. The summed E-state index contributed by atoms with van der Waals surface area (Å²) in [5.41, 5.74) is 2.83. The molecule has 0 N–H and O–H groups in total. The number of fused-ring (bicyclic) bond motifs is 1. The smallest absolute Gasteiger partial charge is 0.261 e. The standard InChI is InChI=1S/C26H32ClN3O/c1-17(2)25-28-24-11-10-21(20-8-5-9-22(27)13-20)14-23(24)26(31)30(25)16-19-7-6-12-29(15-19)18(3)4/h5,8-11,13-14,17-19H,6-7,12,15-16H2,1-4H3/t19-/m0/s1. The van der Waals surface area contributed by atoms with E-state index in [2.05, 4.69) is 32.6 Å². The van der Waals surface area contributed by atoms with Crippen LogP contribution in [0.4, 0.5) is 0 Å². The number of piperidine rings is 1. The Morgan fingerprint density at radius 3 is 2.58 bits per heavy atom. The summed E-state index contributed by atoms with van der Waals surface area (Å²) in [5, 5.41) is 1.37. The normalized spacial score (nSPS) is 17.7. The van der Waals surface area contributed by atoms with Gasteiger partial charge >= 0.3 is 0 Å². The SMILES string of the molecule is CC(C)c1nc2ccc(-c3cccc(Cl)c3)cc2c(=O)n1C[C@H]1CCCN(C(C)C)C1. The van der Waals surface area contributed by atoms with Gasteiger partial charge in [0.15, 0.2) is 0 Å². The Morgan fingerprint density at radius 1 is 1.10 bits per heavy atom. The van der Waals surface area contributed by atoms with Crippen molar-refractivity contribution in [3.05, 3.63) is 63.7 Å². The molecule has 1 aromatic heterocycles. The van der Waals surface area contributed by atoms with Crippen molar-refractivity contribution in [1.29, 1.82) is 0 Å². The van der Waals surface area contributed by atoms with E-state index in [0.717, 1.165) is 48.5 Å². The molecule has 164 valence electrons. The molecule has 2 aromatic carbocycles. The lowest BCUT2D eigenvalue weighted by Gasteiger charge is -2.36. The molecule has 1 fully saturated rings. The van der Waals surface area contributed by atoms with Gasteiger partial charge in [-0.25, -0.2) is 4.98 Å². The van der Waals surface area contributed by atoms with E-state index >= 15 is 0 Å². The molecular formula is C26H32ClN3O. The third-order valence-electron chi connectivity index (χ3n) is 6.38. The van der Waals surface area contributed by atoms with Gasteiger partial charge in [-0.05, 0) is 74.5 Å². The van der Waals surface area contributed by atoms with E-state index in [0.29, 0.717) is 22.4 Å². The molecule has 1 aliphatic heterocycles. The highest BCUT2D eigenvalue weighted by Crippen LogP contribution is 2.27. The zero-order chi connectivity index (χ0) is 22.1. The molecule has 0 bridgehead atoms. The Hall–Kier alpha value is -2.17. The molecule has 4 rings (SSSR count). The number of aromatic nitrogens is 2. The molecule has 0 saturated carbocycles. The van der Waals surface area contributed by atoms with Gasteiger partial charge in [-0.1, -0.05) is 43.6 Å². The van der Waals surface area contributed by atoms with Crippen LogP contribution in [0.15, 0.2) is 47.3 Å². The van der Waals surface area contributed by atoms with Crippen LogP contribution in [0.3, 0.4) is 0 Å². The molecule has 2 heterocycles. The van der Waals surface area contributed by atoms with Crippen LogP contribution >= 0.6 is 11.6 Å². The molecule has 0 spiro atoms. The average Bonchev–Trinajstić information content (AvgIpc) is 2.75. The Morgan fingerprint density at radius 2 is 1.87 bits per heavy atom. The Balaban J connectivity index is 1.77. The van der Waals surface area contributed by atoms with Gasteiger partial charge in [0.25, 0.3) is 5.56 Å². The summed E-state index contributed by atoms with van der Waals surface area (Å²) >= 11 is 6.19. The highest BCUT2D eigenvalue weighted by atomic mass is 35.5. The summed E-state index contributed by atoms with van der Waals surface area (Å²) in [5.74, 6) is 1.55. The second kappa shape index (κ2) is 9.13. The fraction of sp³-hybridized carbons (Fsp3) is 0.462. The van der Waals surface area contributed by atoms with Crippen LogP contribution in [0.25, 0.3) is 22.0 Å². The van der Waals surface area contributed by atoms with Crippen molar-refractivity contribution in [2.24, 2.45) is 5.92 Å². The van der Waals surface area contributed by atoms with E-state index < -0.39 is 0 Å². The Labute approximate surface area is 189 Å². The van der Waals surface area contributed by atoms with E-state index in [4.69, 9.17) is 16.6 Å². The van der Waals surface area contributed by atoms with Crippen LogP contribution < -0.4 is 5.56 Å². The van der Waals surface area contributed by atoms with Crippen molar-refractivity contribution in [2.75, 3.05) is 13.1 Å². The lowest BCUT2D eigenvalue weighted by molar-refractivity contribution is 0.129. The third-order valence-corrected chi connectivity index (χ3v) is 6.61. The van der Waals surface area contributed by atoms with E-state index in [9.17, 15) is 4.79 Å². The summed E-state index contributed by atoms with van der Waals surface area (Å²) < 4.78 is 1.95. The lowest BCUT2D eigenvalue weighted by Crippen LogP contribution is -2.42. The second-order valence-corrected chi connectivity index (χ2v) is 9.82. The monoisotopic (exact) mass is 437 g/mol. The Bertz CT molecular complexity index is 1140. The van der Waals surface area contributed by atoms with Crippen LogP contribution in [-0.4, -0.2) is 33.6 Å². The number of hydrogen-bond donors (Lipinski definition) is 0. The number of nitrogens with zero attached hydrogens (tertiary/aromatic N) is 3. The molecule has 0 aliphatic carbocycles. The molecule has 31 heavy (non-hydrogen) atoms. The van der Waals surface area contributed by atoms with E-state index in [1.807, 2.05) is 47.0 Å². The van der Waals surface area contributed by atoms with Crippen LogP contribution in [0.1, 0.15) is 52.3 Å². The summed E-state index contributed by atoms with van der Waals surface area (Å²) in [7, 11) is 0. The van der Waals surface area contributed by atoms with Crippen LogP contribution in [-0.2, 0) is 6.54 Å². The van der Waals surface area contributed by atoms with Gasteiger partial charge in [0, 0.05) is 30.1 Å². The fourth-order valence-electron chi connectivity index (χ4n) is 4.68. The molecule has 0 unspecified atom stereocenters. The first kappa shape index (κ1) is 22.0. The minimum Gasteiger partial charge on any atom is -0.301 e. The summed E-state index contributed by atoms with van der Waals surface area (Å²) in [6, 6.07) is 14.2. The van der Waals surface area contributed by atoms with Crippen molar-refractivity contribution in [1.82, 2.24) is 14.5 Å². The maximum absolute atomic E-state index is 13.7.